The molecule has 1 N–H and O–H groups in total. The Morgan fingerprint density at radius 2 is 1.40 bits per heavy atom. The van der Waals surface area contributed by atoms with Crippen LogP contribution < -0.4 is 0 Å². The maximum atomic E-state index is 13.1. The first-order valence-electron chi connectivity index (χ1n) is 22.5. The van der Waals surface area contributed by atoms with Crippen LogP contribution >= 0.6 is 0 Å². The average molecular weight is 799 g/mol. The van der Waals surface area contributed by atoms with Crippen LogP contribution in [0.4, 0.5) is 0 Å². The number of ether oxygens (including phenoxy) is 6. The van der Waals surface area contributed by atoms with E-state index in [4.69, 9.17) is 28.4 Å². The maximum absolute atomic E-state index is 13.1. The molecule has 7 unspecified atom stereocenters. The van der Waals surface area contributed by atoms with Crippen molar-refractivity contribution in [2.45, 2.75) is 206 Å². The van der Waals surface area contributed by atoms with Gasteiger partial charge in [-0.25, -0.2) is 0 Å². The number of aliphatic hydroxyl groups is 1. The highest BCUT2D eigenvalue weighted by molar-refractivity contribution is 5.96. The zero-order valence-electron chi connectivity index (χ0n) is 36.8. The van der Waals surface area contributed by atoms with Crippen LogP contribution in [-0.4, -0.2) is 97.5 Å². The normalized spacial score (nSPS) is 33.2. The molecule has 6 fully saturated rings. The van der Waals surface area contributed by atoms with Gasteiger partial charge >= 0.3 is 0 Å². The van der Waals surface area contributed by atoms with E-state index >= 15 is 0 Å². The summed E-state index contributed by atoms with van der Waals surface area (Å²) in [6.45, 7) is 26.2. The van der Waals surface area contributed by atoms with E-state index in [1.165, 1.54) is 24.0 Å². The molecule has 0 radical (unpaired) electrons. The Bertz CT molecular complexity index is 1340. The summed E-state index contributed by atoms with van der Waals surface area (Å²) in [6, 6.07) is 7.63. The lowest BCUT2D eigenvalue weighted by Gasteiger charge is -2.45. The van der Waals surface area contributed by atoms with Gasteiger partial charge in [-0.05, 0) is 89.5 Å². The van der Waals surface area contributed by atoms with Crippen LogP contribution in [0.3, 0.4) is 0 Å². The van der Waals surface area contributed by atoms with Gasteiger partial charge in [0.05, 0.1) is 68.1 Å². The van der Waals surface area contributed by atoms with Crippen molar-refractivity contribution in [2.75, 3.05) is 19.8 Å². The first-order valence-corrected chi connectivity index (χ1v) is 22.5. The molecule has 1 aromatic carbocycles. The van der Waals surface area contributed by atoms with E-state index in [-0.39, 0.29) is 66.3 Å². The number of Topliss-reactive ketones (excluding diaryl/α,β-unsaturated/α-hetero) is 2. The zero-order chi connectivity index (χ0) is 41.9. The topological polar surface area (TPSA) is 110 Å². The molecule has 0 saturated carbocycles. The van der Waals surface area contributed by atoms with Crippen LogP contribution in [0.2, 0.25) is 0 Å². The molecule has 9 nitrogen and oxygen atoms in total. The average Bonchev–Trinajstić information content (AvgIpc) is 3.97. The van der Waals surface area contributed by atoms with Crippen LogP contribution in [-0.2, 0) is 33.2 Å². The Morgan fingerprint density at radius 3 is 2.04 bits per heavy atom. The lowest BCUT2D eigenvalue weighted by Crippen LogP contribution is -2.56. The smallest absolute Gasteiger partial charge is 0.165 e. The van der Waals surface area contributed by atoms with Gasteiger partial charge in [0, 0.05) is 37.9 Å². The highest BCUT2D eigenvalue weighted by atomic mass is 16.6. The van der Waals surface area contributed by atoms with Crippen LogP contribution in [0.5, 0.6) is 0 Å². The Hall–Kier alpha value is -2.24. The van der Waals surface area contributed by atoms with Crippen LogP contribution in [0, 0.1) is 12.8 Å². The standard InChI is InChI=1S/C36H50O8.C6H10O.3C2H6/c1-21-4-6-24(7-5-21)31(38)18-30-16-25(23(3)41-30)15-26(37)17-29-11-13-34-36(43-29)32(39)19-35(44-34)33-12-10-27(42-33)8-9-28-14-22(2)20-40-28;1-6-3-2-4-7-5-6;3*1-2/h4-7,23,25,27-30,32-36,39H,2,8-20H2,1,3H3;1-5H2;3*1-2H3/t23-,25?,27?,28-,29+,30-,32?,33?,34?,35?,36?;;;;/m0..../s1. The summed E-state index contributed by atoms with van der Waals surface area (Å²) in [7, 11) is 0. The molecule has 6 aliphatic heterocycles. The predicted molar refractivity (Wildman–Crippen MR) is 228 cm³/mol. The third-order valence-corrected chi connectivity index (χ3v) is 11.6. The Kier molecular flexibility index (Phi) is 22.5. The number of carbonyl (C=O) groups excluding carboxylic acids is 2. The molecule has 0 bridgehead atoms. The van der Waals surface area contributed by atoms with Gasteiger partial charge in [0.2, 0.25) is 0 Å². The second kappa shape index (κ2) is 26.1. The summed E-state index contributed by atoms with van der Waals surface area (Å²) in [5, 5.41) is 11.1. The monoisotopic (exact) mass is 799 g/mol. The van der Waals surface area contributed by atoms with Crippen molar-refractivity contribution in [3.05, 3.63) is 59.7 Å². The maximum Gasteiger partial charge on any atom is 0.165 e. The van der Waals surface area contributed by atoms with Crippen molar-refractivity contribution in [1.29, 1.82) is 0 Å². The SMILES string of the molecule is C=C1CCCOC1.C=C1CO[C@@H](CCC2CCC(C3CC(O)C4O[C@@H](CC(=O)CC5C[C@@H](CC(=O)c6ccc(C)cc6)O[C@H]5C)CCC4O3)O2)C1.CC.CC.CC. The summed E-state index contributed by atoms with van der Waals surface area (Å²) >= 11 is 0. The van der Waals surface area contributed by atoms with Crippen molar-refractivity contribution in [3.8, 4) is 0 Å². The number of carbonyl (C=O) groups is 2. The van der Waals surface area contributed by atoms with Gasteiger partial charge in [0.1, 0.15) is 11.9 Å². The molecule has 6 saturated heterocycles. The number of fused-ring (bicyclic) bond motifs is 1. The van der Waals surface area contributed by atoms with Crippen molar-refractivity contribution in [2.24, 2.45) is 5.92 Å². The molecule has 0 aliphatic carbocycles. The van der Waals surface area contributed by atoms with Gasteiger partial charge in [-0.3, -0.25) is 9.59 Å². The molecular weight excluding hydrogens is 721 g/mol. The fourth-order valence-corrected chi connectivity index (χ4v) is 8.66. The zero-order valence-corrected chi connectivity index (χ0v) is 36.8. The second-order valence-electron chi connectivity index (χ2n) is 16.0. The number of hydrogen-bond donors (Lipinski definition) is 1. The molecule has 57 heavy (non-hydrogen) atoms. The fourth-order valence-electron chi connectivity index (χ4n) is 8.66. The molecule has 9 heteroatoms. The molecule has 0 spiro atoms. The third kappa shape index (κ3) is 15.7. The summed E-state index contributed by atoms with van der Waals surface area (Å²) in [6.07, 6.45) is 9.71. The molecule has 0 aromatic heterocycles. The van der Waals surface area contributed by atoms with E-state index in [9.17, 15) is 14.7 Å². The lowest BCUT2D eigenvalue weighted by molar-refractivity contribution is -0.243. The third-order valence-electron chi connectivity index (χ3n) is 11.6. The minimum atomic E-state index is -0.632. The van der Waals surface area contributed by atoms with Crippen LogP contribution in [0.25, 0.3) is 0 Å². The largest absolute Gasteiger partial charge is 0.390 e. The summed E-state index contributed by atoms with van der Waals surface area (Å²) in [5.41, 5.74) is 4.25. The Labute approximate surface area is 345 Å². The van der Waals surface area contributed by atoms with Gasteiger partial charge in [0.25, 0.3) is 0 Å². The fraction of sp³-hybridized carbons (Fsp3) is 0.750. The van der Waals surface area contributed by atoms with Crippen LogP contribution in [0.15, 0.2) is 48.6 Å². The quantitative estimate of drug-likeness (QED) is 0.173. The summed E-state index contributed by atoms with van der Waals surface area (Å²) in [5.74, 6) is 0.330. The van der Waals surface area contributed by atoms with Gasteiger partial charge in [-0.2, -0.15) is 0 Å². The minimum Gasteiger partial charge on any atom is -0.390 e. The highest BCUT2D eigenvalue weighted by Crippen LogP contribution is 2.38. The van der Waals surface area contributed by atoms with Gasteiger partial charge in [-0.15, -0.1) is 0 Å². The van der Waals surface area contributed by atoms with Gasteiger partial charge < -0.3 is 33.5 Å². The first kappa shape index (κ1) is 49.1. The molecule has 324 valence electrons. The second-order valence-corrected chi connectivity index (χ2v) is 16.0. The molecule has 6 aliphatic rings. The van der Waals surface area contributed by atoms with Gasteiger partial charge in [0.15, 0.2) is 5.78 Å². The Morgan fingerprint density at radius 1 is 0.719 bits per heavy atom. The molecule has 1 aromatic rings. The Balaban J connectivity index is 0.000000585. The van der Waals surface area contributed by atoms with Gasteiger partial charge in [-0.1, -0.05) is 90.1 Å². The summed E-state index contributed by atoms with van der Waals surface area (Å²) < 4.78 is 36.1. The van der Waals surface area contributed by atoms with Crippen molar-refractivity contribution in [1.82, 2.24) is 0 Å². The highest BCUT2D eigenvalue weighted by Gasteiger charge is 2.47. The number of hydrogen-bond acceptors (Lipinski definition) is 9. The van der Waals surface area contributed by atoms with Crippen molar-refractivity contribution in [3.63, 3.8) is 0 Å². The van der Waals surface area contributed by atoms with E-state index in [0.717, 1.165) is 63.7 Å². The molecule has 0 amide bonds. The molecule has 11 atom stereocenters. The number of aliphatic hydroxyl groups excluding tert-OH is 1. The lowest BCUT2D eigenvalue weighted by atomic mass is 9.87. The van der Waals surface area contributed by atoms with E-state index in [1.807, 2.05) is 79.7 Å². The van der Waals surface area contributed by atoms with E-state index in [1.54, 1.807) is 0 Å². The van der Waals surface area contributed by atoms with E-state index in [2.05, 4.69) is 13.2 Å². The van der Waals surface area contributed by atoms with Crippen LogP contribution in [0.1, 0.15) is 154 Å². The molecular formula is C48H78O9. The minimum absolute atomic E-state index is 0.000919. The summed E-state index contributed by atoms with van der Waals surface area (Å²) in [4.78, 5) is 25.9. The number of benzene rings is 1. The number of rotatable bonds is 11. The molecule has 7 rings (SSSR count). The van der Waals surface area contributed by atoms with E-state index in [0.29, 0.717) is 44.3 Å². The number of ketones is 2. The number of aryl methyl sites for hydroxylation is 1. The van der Waals surface area contributed by atoms with Crippen molar-refractivity contribution >= 4 is 11.6 Å². The van der Waals surface area contributed by atoms with E-state index < -0.39 is 12.2 Å². The van der Waals surface area contributed by atoms with Crippen molar-refractivity contribution < 1.29 is 43.1 Å². The predicted octanol–water partition coefficient (Wildman–Crippen LogP) is 9.88. The first-order chi connectivity index (χ1) is 27.6. The molecule has 6 heterocycles.